The average Bonchev–Trinajstić information content (AvgIpc) is 2.48. The summed E-state index contributed by atoms with van der Waals surface area (Å²) in [6.07, 6.45) is 3.27. The number of nitrogens with two attached hydrogens (primary N) is 1. The summed E-state index contributed by atoms with van der Waals surface area (Å²) in [5.41, 5.74) is 6.89. The Kier molecular flexibility index (Phi) is 4.82. The Hall–Kier alpha value is -1.78. The zero-order valence-electron chi connectivity index (χ0n) is 11.9. The van der Waals surface area contributed by atoms with Crippen LogP contribution in [0.1, 0.15) is 35.3 Å². The number of pyridine rings is 1. The predicted molar refractivity (Wildman–Crippen MR) is 78.5 cm³/mol. The number of benzene rings is 1. The molecule has 106 valence electrons. The van der Waals surface area contributed by atoms with Crippen LogP contribution in [-0.2, 0) is 12.8 Å². The summed E-state index contributed by atoms with van der Waals surface area (Å²) in [5, 5.41) is 0. The zero-order chi connectivity index (χ0) is 14.5. The van der Waals surface area contributed by atoms with Gasteiger partial charge in [-0.3, -0.25) is 16.3 Å². The van der Waals surface area contributed by atoms with Gasteiger partial charge in [-0.2, -0.15) is 0 Å². The van der Waals surface area contributed by atoms with E-state index in [1.807, 2.05) is 19.1 Å². The van der Waals surface area contributed by atoms with Crippen molar-refractivity contribution in [3.63, 3.8) is 0 Å². The number of nitrogens with one attached hydrogen (secondary N) is 1. The van der Waals surface area contributed by atoms with Crippen LogP contribution in [0.4, 0.5) is 4.39 Å². The molecule has 4 heteroatoms. The van der Waals surface area contributed by atoms with Crippen LogP contribution >= 0.6 is 0 Å². The van der Waals surface area contributed by atoms with Crippen molar-refractivity contribution in [3.8, 4) is 0 Å². The molecule has 0 spiro atoms. The lowest BCUT2D eigenvalue weighted by molar-refractivity contribution is 0.530. The molecule has 2 rings (SSSR count). The molecule has 3 N–H and O–H groups in total. The lowest BCUT2D eigenvalue weighted by Gasteiger charge is -2.19. The summed E-state index contributed by atoms with van der Waals surface area (Å²) in [7, 11) is 0. The van der Waals surface area contributed by atoms with Gasteiger partial charge in [0.25, 0.3) is 0 Å². The van der Waals surface area contributed by atoms with E-state index in [0.29, 0.717) is 6.42 Å². The SMILES string of the molecule is CCc1cccnc1C(Cc1cc(F)ccc1C)NN. The first kappa shape index (κ1) is 14.6. The van der Waals surface area contributed by atoms with E-state index in [1.54, 1.807) is 18.3 Å². The van der Waals surface area contributed by atoms with E-state index in [9.17, 15) is 4.39 Å². The topological polar surface area (TPSA) is 50.9 Å². The lowest BCUT2D eigenvalue weighted by Crippen LogP contribution is -2.31. The summed E-state index contributed by atoms with van der Waals surface area (Å²) in [6, 6.07) is 8.67. The average molecular weight is 273 g/mol. The number of hydrogen-bond donors (Lipinski definition) is 2. The van der Waals surface area contributed by atoms with Crippen LogP contribution in [0.15, 0.2) is 36.5 Å². The van der Waals surface area contributed by atoms with Crippen molar-refractivity contribution in [2.45, 2.75) is 32.7 Å². The summed E-state index contributed by atoms with van der Waals surface area (Å²) < 4.78 is 13.4. The molecular formula is C16H20FN3. The predicted octanol–water partition coefficient (Wildman–Crippen LogP) is 2.84. The van der Waals surface area contributed by atoms with Crippen molar-refractivity contribution in [1.82, 2.24) is 10.4 Å². The number of hydrogen-bond acceptors (Lipinski definition) is 3. The molecule has 1 aromatic carbocycles. The Labute approximate surface area is 119 Å². The first-order chi connectivity index (χ1) is 9.65. The van der Waals surface area contributed by atoms with Gasteiger partial charge in [0.2, 0.25) is 0 Å². The van der Waals surface area contributed by atoms with Crippen molar-refractivity contribution in [1.29, 1.82) is 0 Å². The van der Waals surface area contributed by atoms with E-state index < -0.39 is 0 Å². The molecule has 0 aliphatic carbocycles. The van der Waals surface area contributed by atoms with Crippen LogP contribution in [0.5, 0.6) is 0 Å². The third-order valence-corrected chi connectivity index (χ3v) is 3.57. The fourth-order valence-corrected chi connectivity index (χ4v) is 2.38. The minimum Gasteiger partial charge on any atom is -0.271 e. The number of nitrogens with zero attached hydrogens (tertiary/aromatic N) is 1. The summed E-state index contributed by atoms with van der Waals surface area (Å²) in [6.45, 7) is 4.06. The van der Waals surface area contributed by atoms with Gasteiger partial charge in [-0.15, -0.1) is 0 Å². The second-order valence-electron chi connectivity index (χ2n) is 4.90. The fourth-order valence-electron chi connectivity index (χ4n) is 2.38. The lowest BCUT2D eigenvalue weighted by atomic mass is 9.96. The van der Waals surface area contributed by atoms with Crippen molar-refractivity contribution in [2.24, 2.45) is 5.84 Å². The minimum atomic E-state index is -0.224. The van der Waals surface area contributed by atoms with Crippen LogP contribution in [0.25, 0.3) is 0 Å². The van der Waals surface area contributed by atoms with Crippen LogP contribution in [0, 0.1) is 12.7 Å². The molecule has 0 saturated heterocycles. The standard InChI is InChI=1S/C16H20FN3/c1-3-12-5-4-8-19-16(12)15(20-18)10-13-9-14(17)7-6-11(13)2/h4-9,15,20H,3,10,18H2,1-2H3. The van der Waals surface area contributed by atoms with E-state index in [4.69, 9.17) is 5.84 Å². The van der Waals surface area contributed by atoms with E-state index in [-0.39, 0.29) is 11.9 Å². The van der Waals surface area contributed by atoms with Crippen LogP contribution in [-0.4, -0.2) is 4.98 Å². The van der Waals surface area contributed by atoms with Gasteiger partial charge in [0, 0.05) is 6.20 Å². The molecule has 0 amide bonds. The zero-order valence-corrected chi connectivity index (χ0v) is 11.9. The normalized spacial score (nSPS) is 12.4. The molecule has 1 unspecified atom stereocenters. The number of aromatic nitrogens is 1. The molecule has 0 aliphatic heterocycles. The Morgan fingerprint density at radius 1 is 1.30 bits per heavy atom. The Morgan fingerprint density at radius 3 is 2.80 bits per heavy atom. The van der Waals surface area contributed by atoms with Crippen LogP contribution in [0.2, 0.25) is 0 Å². The van der Waals surface area contributed by atoms with Gasteiger partial charge in [-0.25, -0.2) is 4.39 Å². The maximum atomic E-state index is 13.4. The fraction of sp³-hybridized carbons (Fsp3) is 0.312. The first-order valence-corrected chi connectivity index (χ1v) is 6.80. The highest BCUT2D eigenvalue weighted by Gasteiger charge is 2.16. The third kappa shape index (κ3) is 3.21. The largest absolute Gasteiger partial charge is 0.271 e. The molecule has 2 aromatic rings. The molecule has 3 nitrogen and oxygen atoms in total. The van der Waals surface area contributed by atoms with Crippen molar-refractivity contribution in [3.05, 3.63) is 64.7 Å². The van der Waals surface area contributed by atoms with Gasteiger partial charge in [0.05, 0.1) is 11.7 Å². The number of aryl methyl sites for hydroxylation is 2. The Bertz CT molecular complexity index is 584. The maximum Gasteiger partial charge on any atom is 0.123 e. The molecule has 20 heavy (non-hydrogen) atoms. The van der Waals surface area contributed by atoms with Gasteiger partial charge in [-0.05, 0) is 54.7 Å². The quantitative estimate of drug-likeness (QED) is 0.650. The van der Waals surface area contributed by atoms with Gasteiger partial charge in [0.1, 0.15) is 5.82 Å². The highest BCUT2D eigenvalue weighted by Crippen LogP contribution is 2.22. The second kappa shape index (κ2) is 6.59. The van der Waals surface area contributed by atoms with Gasteiger partial charge < -0.3 is 0 Å². The minimum absolute atomic E-state index is 0.119. The number of hydrazine groups is 1. The highest BCUT2D eigenvalue weighted by atomic mass is 19.1. The molecule has 1 heterocycles. The van der Waals surface area contributed by atoms with Crippen molar-refractivity contribution in [2.75, 3.05) is 0 Å². The van der Waals surface area contributed by atoms with Gasteiger partial charge in [-0.1, -0.05) is 19.1 Å². The Balaban J connectivity index is 2.31. The number of halogens is 1. The van der Waals surface area contributed by atoms with Crippen molar-refractivity contribution >= 4 is 0 Å². The molecule has 0 bridgehead atoms. The molecule has 0 aliphatic rings. The third-order valence-electron chi connectivity index (χ3n) is 3.57. The summed E-state index contributed by atoms with van der Waals surface area (Å²) in [5.74, 6) is 5.46. The first-order valence-electron chi connectivity index (χ1n) is 6.80. The highest BCUT2D eigenvalue weighted by molar-refractivity contribution is 5.30. The summed E-state index contributed by atoms with van der Waals surface area (Å²) in [4.78, 5) is 4.43. The van der Waals surface area contributed by atoms with E-state index >= 15 is 0 Å². The van der Waals surface area contributed by atoms with Gasteiger partial charge in [0.15, 0.2) is 0 Å². The van der Waals surface area contributed by atoms with Crippen LogP contribution < -0.4 is 11.3 Å². The smallest absolute Gasteiger partial charge is 0.123 e. The van der Waals surface area contributed by atoms with E-state index in [1.165, 1.54) is 6.07 Å². The monoisotopic (exact) mass is 273 g/mol. The summed E-state index contributed by atoms with van der Waals surface area (Å²) >= 11 is 0. The number of rotatable bonds is 5. The molecule has 1 aromatic heterocycles. The molecule has 0 radical (unpaired) electrons. The van der Waals surface area contributed by atoms with Gasteiger partial charge >= 0.3 is 0 Å². The molecule has 0 saturated carbocycles. The second-order valence-corrected chi connectivity index (χ2v) is 4.90. The van der Waals surface area contributed by atoms with E-state index in [0.717, 1.165) is 28.8 Å². The molecular weight excluding hydrogens is 253 g/mol. The van der Waals surface area contributed by atoms with E-state index in [2.05, 4.69) is 17.3 Å². The molecule has 1 atom stereocenters. The van der Waals surface area contributed by atoms with Crippen LogP contribution in [0.3, 0.4) is 0 Å². The molecule has 0 fully saturated rings. The Morgan fingerprint density at radius 2 is 2.10 bits per heavy atom. The van der Waals surface area contributed by atoms with Crippen molar-refractivity contribution < 1.29 is 4.39 Å². The maximum absolute atomic E-state index is 13.4.